The highest BCUT2D eigenvalue weighted by molar-refractivity contribution is 6.31. The average molecular weight is 477 g/mol. The molecule has 4 amide bonds. The number of carbonyl (C=O) groups is 2. The summed E-state index contributed by atoms with van der Waals surface area (Å²) in [5.74, 6) is 0. The number of anilines is 2. The molecule has 1 aliphatic carbocycles. The van der Waals surface area contributed by atoms with Gasteiger partial charge in [0.15, 0.2) is 0 Å². The predicted octanol–water partition coefficient (Wildman–Crippen LogP) is 6.52. The van der Waals surface area contributed by atoms with Gasteiger partial charge < -0.3 is 21.3 Å². The Bertz CT molecular complexity index is 982. The maximum atomic E-state index is 12.6. The fourth-order valence-corrected chi connectivity index (χ4v) is 5.21. The molecule has 0 aliphatic heterocycles. The molecule has 2 aromatic carbocycles. The highest BCUT2D eigenvalue weighted by Crippen LogP contribution is 2.45. The van der Waals surface area contributed by atoms with Gasteiger partial charge in [-0.15, -0.1) is 0 Å². The smallest absolute Gasteiger partial charge is 0.319 e. The van der Waals surface area contributed by atoms with Gasteiger partial charge in [0, 0.05) is 34.0 Å². The molecule has 1 aliphatic rings. The summed E-state index contributed by atoms with van der Waals surface area (Å²) < 4.78 is 0. The van der Waals surface area contributed by atoms with E-state index in [0.29, 0.717) is 28.0 Å². The van der Waals surface area contributed by atoms with Crippen LogP contribution in [0, 0.1) is 10.8 Å². The van der Waals surface area contributed by atoms with Crippen LogP contribution in [-0.4, -0.2) is 24.6 Å². The van der Waals surface area contributed by atoms with E-state index >= 15 is 0 Å². The third-order valence-corrected chi connectivity index (χ3v) is 6.09. The molecule has 2 aromatic rings. The van der Waals surface area contributed by atoms with E-state index < -0.39 is 0 Å². The van der Waals surface area contributed by atoms with Crippen LogP contribution in [0.4, 0.5) is 21.0 Å². The molecule has 1 saturated carbocycles. The lowest BCUT2D eigenvalue weighted by Gasteiger charge is -2.46. The zero-order chi connectivity index (χ0) is 23.4. The van der Waals surface area contributed by atoms with E-state index in [1.54, 1.807) is 48.5 Å². The first-order chi connectivity index (χ1) is 15.0. The Morgan fingerprint density at radius 1 is 0.906 bits per heavy atom. The van der Waals surface area contributed by atoms with E-state index in [9.17, 15) is 9.59 Å². The Kier molecular flexibility index (Phi) is 7.57. The normalized spacial score (nSPS) is 22.0. The molecule has 3 rings (SSSR count). The van der Waals surface area contributed by atoms with E-state index in [4.69, 9.17) is 23.2 Å². The van der Waals surface area contributed by atoms with Gasteiger partial charge in [0.05, 0.1) is 0 Å². The van der Waals surface area contributed by atoms with Crippen LogP contribution in [0.3, 0.4) is 0 Å². The van der Waals surface area contributed by atoms with Crippen molar-refractivity contribution in [2.75, 3.05) is 17.2 Å². The molecule has 0 unspecified atom stereocenters. The molecule has 8 heteroatoms. The van der Waals surface area contributed by atoms with Crippen LogP contribution in [0.25, 0.3) is 0 Å². The maximum absolute atomic E-state index is 12.6. The average Bonchev–Trinajstić information content (AvgIpc) is 2.65. The summed E-state index contributed by atoms with van der Waals surface area (Å²) in [4.78, 5) is 25.0. The van der Waals surface area contributed by atoms with Gasteiger partial charge in [0.25, 0.3) is 0 Å². The first-order valence-corrected chi connectivity index (χ1v) is 11.4. The Labute approximate surface area is 199 Å². The van der Waals surface area contributed by atoms with Crippen LogP contribution in [-0.2, 0) is 0 Å². The third kappa shape index (κ3) is 7.31. The number of hydrogen-bond acceptors (Lipinski definition) is 2. The summed E-state index contributed by atoms with van der Waals surface area (Å²) in [5.41, 5.74) is 1.14. The molecule has 32 heavy (non-hydrogen) atoms. The molecule has 0 spiro atoms. The number of halogens is 2. The maximum Gasteiger partial charge on any atom is 0.319 e. The summed E-state index contributed by atoms with van der Waals surface area (Å²) in [5, 5.41) is 12.9. The monoisotopic (exact) mass is 476 g/mol. The van der Waals surface area contributed by atoms with Gasteiger partial charge in [0.2, 0.25) is 0 Å². The van der Waals surface area contributed by atoms with Crippen LogP contribution >= 0.6 is 23.2 Å². The second kappa shape index (κ2) is 10.0. The summed E-state index contributed by atoms with van der Waals surface area (Å²) >= 11 is 12.0. The molecule has 172 valence electrons. The van der Waals surface area contributed by atoms with Gasteiger partial charge in [-0.3, -0.25) is 0 Å². The third-order valence-electron chi connectivity index (χ3n) is 5.62. The van der Waals surface area contributed by atoms with Crippen molar-refractivity contribution in [3.05, 3.63) is 58.6 Å². The minimum absolute atomic E-state index is 0.0132. The molecule has 2 atom stereocenters. The zero-order valence-corrected chi connectivity index (χ0v) is 20.1. The van der Waals surface area contributed by atoms with Crippen molar-refractivity contribution < 1.29 is 9.59 Å². The summed E-state index contributed by atoms with van der Waals surface area (Å²) in [6.45, 7) is 7.04. The van der Waals surface area contributed by atoms with Gasteiger partial charge in [-0.05, 0) is 66.5 Å². The molecular weight excluding hydrogens is 447 g/mol. The number of carbonyl (C=O) groups excluding carboxylic acids is 2. The van der Waals surface area contributed by atoms with Gasteiger partial charge in [-0.2, -0.15) is 0 Å². The number of benzene rings is 2. The molecule has 0 heterocycles. The highest BCUT2D eigenvalue weighted by atomic mass is 35.5. The van der Waals surface area contributed by atoms with Gasteiger partial charge in [0.1, 0.15) is 0 Å². The number of amides is 4. The molecule has 4 N–H and O–H groups in total. The van der Waals surface area contributed by atoms with Crippen molar-refractivity contribution in [2.45, 2.75) is 46.1 Å². The SMILES string of the molecule is CC1(C)C[C@H](NC(=O)Nc2cccc(Cl)c2)C[C@@](C)(CNC(=O)Nc2cccc(Cl)c2)C1. The molecule has 0 radical (unpaired) electrons. The minimum Gasteiger partial charge on any atom is -0.337 e. The number of hydrogen-bond donors (Lipinski definition) is 4. The van der Waals surface area contributed by atoms with Crippen LogP contribution < -0.4 is 21.3 Å². The predicted molar refractivity (Wildman–Crippen MR) is 132 cm³/mol. The van der Waals surface area contributed by atoms with Crippen molar-refractivity contribution in [3.8, 4) is 0 Å². The lowest BCUT2D eigenvalue weighted by Crippen LogP contribution is -2.51. The van der Waals surface area contributed by atoms with Gasteiger partial charge in [-0.25, -0.2) is 9.59 Å². The summed E-state index contributed by atoms with van der Waals surface area (Å²) in [7, 11) is 0. The fourth-order valence-electron chi connectivity index (χ4n) is 4.82. The van der Waals surface area contributed by atoms with Crippen molar-refractivity contribution in [1.82, 2.24) is 10.6 Å². The highest BCUT2D eigenvalue weighted by Gasteiger charge is 2.41. The molecular formula is C24H30Cl2N4O2. The molecule has 6 nitrogen and oxygen atoms in total. The minimum atomic E-state index is -0.278. The van der Waals surface area contributed by atoms with Crippen LogP contribution in [0.1, 0.15) is 40.0 Å². The van der Waals surface area contributed by atoms with Crippen LogP contribution in [0.15, 0.2) is 48.5 Å². The van der Waals surface area contributed by atoms with E-state index in [-0.39, 0.29) is 28.9 Å². The first-order valence-electron chi connectivity index (χ1n) is 10.7. The van der Waals surface area contributed by atoms with Crippen molar-refractivity contribution in [3.63, 3.8) is 0 Å². The zero-order valence-electron chi connectivity index (χ0n) is 18.6. The van der Waals surface area contributed by atoms with E-state index in [1.165, 1.54) is 0 Å². The topological polar surface area (TPSA) is 82.3 Å². The van der Waals surface area contributed by atoms with E-state index in [2.05, 4.69) is 42.0 Å². The number of rotatable bonds is 5. The molecule has 0 bridgehead atoms. The molecule has 0 aromatic heterocycles. The quantitative estimate of drug-likeness (QED) is 0.395. The Balaban J connectivity index is 1.57. The van der Waals surface area contributed by atoms with E-state index in [0.717, 1.165) is 19.3 Å². The van der Waals surface area contributed by atoms with Gasteiger partial charge in [-0.1, -0.05) is 56.1 Å². The lowest BCUT2D eigenvalue weighted by atomic mass is 9.62. The second-order valence-electron chi connectivity index (χ2n) is 9.68. The Hall–Kier alpha value is -2.44. The van der Waals surface area contributed by atoms with Gasteiger partial charge >= 0.3 is 12.1 Å². The van der Waals surface area contributed by atoms with Crippen molar-refractivity contribution in [2.24, 2.45) is 10.8 Å². The molecule has 0 saturated heterocycles. The summed E-state index contributed by atoms with van der Waals surface area (Å²) in [6, 6.07) is 13.5. The number of urea groups is 2. The van der Waals surface area contributed by atoms with Crippen molar-refractivity contribution >= 4 is 46.6 Å². The van der Waals surface area contributed by atoms with Crippen molar-refractivity contribution in [1.29, 1.82) is 0 Å². The summed E-state index contributed by atoms with van der Waals surface area (Å²) in [6.07, 6.45) is 2.56. The lowest BCUT2D eigenvalue weighted by molar-refractivity contribution is 0.0761. The fraction of sp³-hybridized carbons (Fsp3) is 0.417. The number of nitrogens with one attached hydrogen (secondary N) is 4. The largest absolute Gasteiger partial charge is 0.337 e. The first kappa shape index (κ1) is 24.2. The molecule has 1 fully saturated rings. The van der Waals surface area contributed by atoms with Crippen LogP contribution in [0.5, 0.6) is 0 Å². The Morgan fingerprint density at radius 2 is 1.47 bits per heavy atom. The van der Waals surface area contributed by atoms with Crippen LogP contribution in [0.2, 0.25) is 10.0 Å². The van der Waals surface area contributed by atoms with E-state index in [1.807, 2.05) is 0 Å². The standard InChI is InChI=1S/C24H30Cl2N4O2/c1-23(2)12-20(30-22(32)29-19-9-5-7-17(26)11-19)13-24(3,14-23)15-27-21(31)28-18-8-4-6-16(25)10-18/h4-11,20H,12-15H2,1-3H3,(H2,27,28,31)(H2,29,30,32)/t20-,24+/m0/s1. The Morgan fingerprint density at radius 3 is 2.03 bits per heavy atom. The second-order valence-corrected chi connectivity index (χ2v) is 10.6.